The second kappa shape index (κ2) is 17.1. The van der Waals surface area contributed by atoms with Gasteiger partial charge in [0.05, 0.1) is 26.0 Å². The third-order valence-electron chi connectivity index (χ3n) is 7.66. The number of phosphoric ester groups is 3. The number of rotatable bonds is 18. The highest BCUT2D eigenvalue weighted by atomic mass is 32.2. The number of carbonyl (C=O) groups is 2. The van der Waals surface area contributed by atoms with Gasteiger partial charge in [-0.2, -0.15) is 4.31 Å². The van der Waals surface area contributed by atoms with Gasteiger partial charge in [0.25, 0.3) is 0 Å². The molecule has 2 saturated heterocycles. The van der Waals surface area contributed by atoms with Crippen molar-refractivity contribution in [3.05, 3.63) is 36.7 Å². The largest absolute Gasteiger partial charge is 0.481 e. The number of aliphatic hydroxyl groups excluding tert-OH is 2. The Balaban J connectivity index is 1.23. The number of aromatic nitrogens is 4. The average molecular weight is 850 g/mol. The summed E-state index contributed by atoms with van der Waals surface area (Å²) < 4.78 is 74.0. The van der Waals surface area contributed by atoms with Crippen LogP contribution in [-0.4, -0.2) is 133 Å². The molecular formula is C24H34N7O19P3S. The molecule has 300 valence electrons. The standard InChI is InChI=1S/C24H34N7O19P3S/c25-20-15-22(28-9-27-20)31(10-29-15)24-19(48-51(37,38)39)16(34)12(46-24)7-44-52(40,41)50-53(42,43)45-8-13-18(49-54-5-3-14(32)33)17(35)23(47-13)30-4-1-2-11(6-30)21(26)36/h1,4,6,9-10,12-13,16-19,23-24,34-35H,2-3,5,7-8H2,(H2,26,36)(H,32,33)(H,40,41)(H,42,43)(H2,25,27,28)(H2,37,38,39)/t12-,13-,16-,17-,18-,19-,23-,24-/m1/s1. The van der Waals surface area contributed by atoms with Crippen molar-refractivity contribution in [2.75, 3.05) is 24.7 Å². The molecule has 54 heavy (non-hydrogen) atoms. The van der Waals surface area contributed by atoms with Crippen LogP contribution in [0.2, 0.25) is 0 Å². The van der Waals surface area contributed by atoms with Gasteiger partial charge < -0.3 is 64.9 Å². The number of imidazole rings is 1. The Morgan fingerprint density at radius 3 is 2.28 bits per heavy atom. The molecule has 10 atom stereocenters. The molecule has 5 heterocycles. The Bertz CT molecular complexity index is 1910. The van der Waals surface area contributed by atoms with E-state index in [-0.39, 0.29) is 41.1 Å². The van der Waals surface area contributed by atoms with Gasteiger partial charge >= 0.3 is 29.4 Å². The maximum absolute atomic E-state index is 12.8. The fourth-order valence-corrected chi connectivity index (χ4v) is 8.68. The summed E-state index contributed by atoms with van der Waals surface area (Å²) in [4.78, 5) is 75.1. The highest BCUT2D eigenvalue weighted by molar-refractivity contribution is 7.94. The molecule has 0 spiro atoms. The number of nitrogens with zero attached hydrogens (tertiary/aromatic N) is 5. The minimum atomic E-state index is -5.58. The maximum atomic E-state index is 12.8. The molecule has 0 aliphatic carbocycles. The summed E-state index contributed by atoms with van der Waals surface area (Å²) in [5, 5.41) is 30.8. The van der Waals surface area contributed by atoms with Crippen molar-refractivity contribution in [3.63, 3.8) is 0 Å². The van der Waals surface area contributed by atoms with Crippen molar-refractivity contribution in [1.82, 2.24) is 24.4 Å². The first-order valence-corrected chi connectivity index (χ1v) is 20.6. The van der Waals surface area contributed by atoms with E-state index in [1.165, 1.54) is 23.4 Å². The minimum Gasteiger partial charge on any atom is -0.481 e. The van der Waals surface area contributed by atoms with Crippen molar-refractivity contribution < 1.29 is 89.7 Å². The van der Waals surface area contributed by atoms with E-state index in [0.717, 1.165) is 17.2 Å². The zero-order chi connectivity index (χ0) is 39.6. The van der Waals surface area contributed by atoms with Gasteiger partial charge in [-0.05, 0) is 18.5 Å². The van der Waals surface area contributed by atoms with Crippen molar-refractivity contribution in [2.45, 2.75) is 61.9 Å². The molecular weight excluding hydrogens is 815 g/mol. The molecule has 0 radical (unpaired) electrons. The van der Waals surface area contributed by atoms with Gasteiger partial charge in [-0.3, -0.25) is 27.7 Å². The van der Waals surface area contributed by atoms with E-state index in [0.29, 0.717) is 12.0 Å². The van der Waals surface area contributed by atoms with Crippen LogP contribution in [0.25, 0.3) is 11.2 Å². The van der Waals surface area contributed by atoms with E-state index in [1.807, 2.05) is 0 Å². The fraction of sp³-hybridized carbons (Fsp3) is 0.542. The molecule has 2 aromatic rings. The molecule has 26 nitrogen and oxygen atoms in total. The van der Waals surface area contributed by atoms with Crippen LogP contribution in [0.3, 0.4) is 0 Å². The summed E-state index contributed by atoms with van der Waals surface area (Å²) in [6.45, 7) is -2.03. The van der Waals surface area contributed by atoms with Crippen LogP contribution < -0.4 is 11.5 Å². The highest BCUT2D eigenvalue weighted by Crippen LogP contribution is 2.61. The number of amides is 1. The Labute approximate surface area is 307 Å². The Morgan fingerprint density at radius 1 is 0.963 bits per heavy atom. The summed E-state index contributed by atoms with van der Waals surface area (Å²) in [5.74, 6) is -2.04. The van der Waals surface area contributed by atoms with Crippen LogP contribution in [0.1, 0.15) is 19.1 Å². The van der Waals surface area contributed by atoms with E-state index in [9.17, 15) is 53.1 Å². The van der Waals surface area contributed by atoms with Crippen molar-refractivity contribution >= 4 is 64.4 Å². The van der Waals surface area contributed by atoms with E-state index in [1.54, 1.807) is 0 Å². The number of aliphatic hydroxyl groups is 2. The number of fused-ring (bicyclic) bond motifs is 1. The Kier molecular flexibility index (Phi) is 13.4. The molecule has 2 aromatic heterocycles. The van der Waals surface area contributed by atoms with Gasteiger partial charge in [0.2, 0.25) is 5.91 Å². The number of phosphoric acid groups is 3. The van der Waals surface area contributed by atoms with Crippen molar-refractivity contribution in [1.29, 1.82) is 0 Å². The van der Waals surface area contributed by atoms with Crippen LogP contribution >= 0.6 is 35.5 Å². The molecule has 0 saturated carbocycles. The monoisotopic (exact) mass is 849 g/mol. The first kappa shape index (κ1) is 42.2. The molecule has 1 amide bonds. The lowest BCUT2D eigenvalue weighted by molar-refractivity contribution is -0.136. The second-order valence-electron chi connectivity index (χ2n) is 11.4. The first-order valence-electron chi connectivity index (χ1n) is 15.2. The molecule has 2 fully saturated rings. The number of aliphatic carboxylic acids is 1. The van der Waals surface area contributed by atoms with Gasteiger partial charge in [0, 0.05) is 23.7 Å². The fourth-order valence-electron chi connectivity index (χ4n) is 5.30. The third kappa shape index (κ3) is 10.5. The molecule has 3 aliphatic heterocycles. The number of hydrogen-bond acceptors (Lipinski definition) is 20. The van der Waals surface area contributed by atoms with Gasteiger partial charge in [0.15, 0.2) is 23.9 Å². The summed E-state index contributed by atoms with van der Waals surface area (Å²) in [6.07, 6.45) is -6.43. The lowest BCUT2D eigenvalue weighted by atomic mass is 10.1. The average Bonchev–Trinajstić information content (AvgIpc) is 3.74. The summed E-state index contributed by atoms with van der Waals surface area (Å²) in [6, 6.07) is 0. The number of nitrogens with two attached hydrogens (primary N) is 2. The smallest absolute Gasteiger partial charge is 0.481 e. The van der Waals surface area contributed by atoms with Crippen LogP contribution in [0, 0.1) is 0 Å². The number of primary amides is 1. The normalized spacial score (nSPS) is 29.6. The molecule has 5 rings (SSSR count). The number of ether oxygens (including phenoxy) is 2. The molecule has 0 aromatic carbocycles. The van der Waals surface area contributed by atoms with E-state index in [2.05, 4.69) is 19.3 Å². The number of nitrogen functional groups attached to an aromatic ring is 1. The lowest BCUT2D eigenvalue weighted by Gasteiger charge is -2.28. The predicted octanol–water partition coefficient (Wildman–Crippen LogP) is -1.42. The number of carbonyl (C=O) groups excluding carboxylic acids is 1. The maximum Gasteiger partial charge on any atom is 0.481 e. The van der Waals surface area contributed by atoms with Gasteiger partial charge in [0.1, 0.15) is 48.5 Å². The van der Waals surface area contributed by atoms with Crippen LogP contribution in [0.5, 0.6) is 0 Å². The zero-order valence-electron chi connectivity index (χ0n) is 27.2. The SMILES string of the molecule is NC(=O)C1=CN([C@@H]2O[C@H](COP(=O)(O)OP(=O)(O)OC[C@H]3O[C@@H](n4cnc5c(N)ncnc54)[C@H](OP(=O)(O)O)[C@@H]3O)[C@@H](OSCCC(=O)O)[C@H]2O)C=CC1. The van der Waals surface area contributed by atoms with Crippen molar-refractivity contribution in [2.24, 2.45) is 5.73 Å². The lowest BCUT2D eigenvalue weighted by Crippen LogP contribution is -2.41. The highest BCUT2D eigenvalue weighted by Gasteiger charge is 2.51. The van der Waals surface area contributed by atoms with Crippen molar-refractivity contribution in [3.8, 4) is 0 Å². The molecule has 0 bridgehead atoms. The molecule has 30 heteroatoms. The first-order chi connectivity index (χ1) is 25.2. The van der Waals surface area contributed by atoms with E-state index >= 15 is 0 Å². The summed E-state index contributed by atoms with van der Waals surface area (Å²) in [5.41, 5.74) is 11.3. The molecule has 3 aliphatic rings. The summed E-state index contributed by atoms with van der Waals surface area (Å²) >= 11 is 0.635. The summed E-state index contributed by atoms with van der Waals surface area (Å²) in [7, 11) is -16.4. The quantitative estimate of drug-likeness (QED) is 0.0472. The van der Waals surface area contributed by atoms with Gasteiger partial charge in [-0.25, -0.2) is 28.6 Å². The number of hydrogen-bond donors (Lipinski definition) is 9. The third-order valence-corrected chi connectivity index (χ3v) is 11.5. The minimum absolute atomic E-state index is 0.00837. The zero-order valence-corrected chi connectivity index (χ0v) is 30.7. The van der Waals surface area contributed by atoms with Gasteiger partial charge in [-0.1, -0.05) is 6.08 Å². The topological polar surface area (TPSA) is 390 Å². The Morgan fingerprint density at radius 2 is 1.63 bits per heavy atom. The van der Waals surface area contributed by atoms with E-state index < -0.39 is 97.6 Å². The Hall–Kier alpha value is -2.91. The second-order valence-corrected chi connectivity index (χ2v) is 16.5. The van der Waals surface area contributed by atoms with Crippen LogP contribution in [0.15, 0.2) is 36.7 Å². The van der Waals surface area contributed by atoms with E-state index in [4.69, 9.17) is 43.8 Å². The molecule has 11 N–H and O–H groups in total. The number of carboxylic acid groups (broad SMARTS) is 1. The predicted molar refractivity (Wildman–Crippen MR) is 176 cm³/mol. The molecule has 2 unspecified atom stereocenters. The van der Waals surface area contributed by atoms with Crippen LogP contribution in [0.4, 0.5) is 5.82 Å². The number of anilines is 1. The number of carboxylic acids is 1. The van der Waals surface area contributed by atoms with Crippen LogP contribution in [-0.2, 0) is 54.8 Å². The number of allylic oxidation sites excluding steroid dienone is 1. The van der Waals surface area contributed by atoms with Gasteiger partial charge in [-0.15, -0.1) is 0 Å².